The number of hydrogen-bond donors (Lipinski definition) is 2. The van der Waals surface area contributed by atoms with Crippen molar-refractivity contribution in [3.05, 3.63) is 47.9 Å². The Bertz CT molecular complexity index is 1270. The van der Waals surface area contributed by atoms with Gasteiger partial charge in [0, 0.05) is 23.4 Å². The molecule has 2 aromatic carbocycles. The zero-order chi connectivity index (χ0) is 22.8. The molecule has 0 bridgehead atoms. The van der Waals surface area contributed by atoms with Gasteiger partial charge in [0.1, 0.15) is 31.1 Å². The van der Waals surface area contributed by atoms with Crippen LogP contribution in [0.1, 0.15) is 12.8 Å². The second-order valence-corrected chi connectivity index (χ2v) is 8.51. The number of aliphatic hydroxyl groups excluding tert-OH is 1. The van der Waals surface area contributed by atoms with Gasteiger partial charge in [-0.2, -0.15) is 0 Å². The number of β-amino-alcohol motifs (C(OH)–C–C–N with tert-alkyl or cyclic N) is 1. The van der Waals surface area contributed by atoms with Crippen LogP contribution in [0, 0.1) is 0 Å². The molecule has 1 aliphatic heterocycles. The molecule has 1 atom stereocenters. The predicted molar refractivity (Wildman–Crippen MR) is 128 cm³/mol. The highest BCUT2D eigenvalue weighted by atomic mass is 35.5. The Hall–Kier alpha value is -3.07. The number of furan rings is 1. The summed E-state index contributed by atoms with van der Waals surface area (Å²) in [6, 6.07) is 9.32. The summed E-state index contributed by atoms with van der Waals surface area (Å²) in [7, 11) is 1.58. The van der Waals surface area contributed by atoms with E-state index in [1.165, 1.54) is 25.4 Å². The van der Waals surface area contributed by atoms with Crippen LogP contribution in [0.2, 0.25) is 5.02 Å². The Morgan fingerprint density at radius 3 is 2.85 bits per heavy atom. The molecule has 0 amide bonds. The summed E-state index contributed by atoms with van der Waals surface area (Å²) in [4.78, 5) is 11.1. The van der Waals surface area contributed by atoms with Crippen LogP contribution < -0.4 is 14.8 Å². The number of aromatic nitrogens is 2. The van der Waals surface area contributed by atoms with Crippen LogP contribution in [-0.4, -0.2) is 59.4 Å². The average Bonchev–Trinajstić information content (AvgIpc) is 3.47. The smallest absolute Gasteiger partial charge is 0.163 e. The number of rotatable bonds is 8. The lowest BCUT2D eigenvalue weighted by Gasteiger charge is -2.20. The second kappa shape index (κ2) is 9.43. The third-order valence-corrected chi connectivity index (χ3v) is 6.12. The highest BCUT2D eigenvalue weighted by Crippen LogP contribution is 2.37. The van der Waals surface area contributed by atoms with E-state index in [9.17, 15) is 5.11 Å². The lowest BCUT2D eigenvalue weighted by molar-refractivity contribution is 0.0747. The van der Waals surface area contributed by atoms with Crippen LogP contribution in [0.25, 0.3) is 21.9 Å². The summed E-state index contributed by atoms with van der Waals surface area (Å²) in [5.74, 6) is 1.65. The van der Waals surface area contributed by atoms with Crippen LogP contribution >= 0.6 is 11.6 Å². The van der Waals surface area contributed by atoms with Crippen molar-refractivity contribution in [2.45, 2.75) is 18.9 Å². The van der Waals surface area contributed by atoms with Crippen molar-refractivity contribution in [1.82, 2.24) is 14.9 Å². The zero-order valence-electron chi connectivity index (χ0n) is 18.3. The fourth-order valence-corrected chi connectivity index (χ4v) is 4.38. The first-order valence-corrected chi connectivity index (χ1v) is 11.3. The maximum Gasteiger partial charge on any atom is 0.163 e. The minimum Gasteiger partial charge on any atom is -0.493 e. The van der Waals surface area contributed by atoms with E-state index >= 15 is 0 Å². The van der Waals surface area contributed by atoms with Gasteiger partial charge in [-0.3, -0.25) is 0 Å². The minimum absolute atomic E-state index is 0.176. The number of nitrogens with one attached hydrogen (secondary N) is 1. The molecule has 0 aliphatic carbocycles. The topological polar surface area (TPSA) is 92.9 Å². The van der Waals surface area contributed by atoms with Crippen LogP contribution in [0.4, 0.5) is 11.5 Å². The number of methoxy groups -OCH3 is 1. The van der Waals surface area contributed by atoms with Crippen LogP contribution in [-0.2, 0) is 0 Å². The van der Waals surface area contributed by atoms with E-state index in [4.69, 9.17) is 25.5 Å². The van der Waals surface area contributed by atoms with Gasteiger partial charge < -0.3 is 29.2 Å². The summed E-state index contributed by atoms with van der Waals surface area (Å²) in [6.45, 7) is 2.84. The third kappa shape index (κ3) is 4.55. The van der Waals surface area contributed by atoms with E-state index in [1.807, 2.05) is 24.3 Å². The molecule has 4 aromatic rings. The number of benzene rings is 2. The largest absolute Gasteiger partial charge is 0.493 e. The van der Waals surface area contributed by atoms with Gasteiger partial charge in [-0.1, -0.05) is 17.7 Å². The molecule has 9 heteroatoms. The molecule has 1 saturated heterocycles. The van der Waals surface area contributed by atoms with E-state index in [0.717, 1.165) is 29.5 Å². The second-order valence-electron chi connectivity index (χ2n) is 8.11. The van der Waals surface area contributed by atoms with E-state index in [-0.39, 0.29) is 6.61 Å². The zero-order valence-corrected chi connectivity index (χ0v) is 19.0. The SMILES string of the molecule is COc1cc2c(Nc3cccc4c(Cl)coc34)ncnc2cc1OCC(O)CN1CCCC1. The predicted octanol–water partition coefficient (Wildman–Crippen LogP) is 4.62. The Morgan fingerprint density at radius 1 is 1.18 bits per heavy atom. The quantitative estimate of drug-likeness (QED) is 0.387. The molecule has 1 fully saturated rings. The van der Waals surface area contributed by atoms with E-state index < -0.39 is 6.10 Å². The molecule has 2 N–H and O–H groups in total. The molecule has 1 aliphatic rings. The average molecular weight is 469 g/mol. The Morgan fingerprint density at radius 2 is 2.03 bits per heavy atom. The summed E-state index contributed by atoms with van der Waals surface area (Å²) in [5.41, 5.74) is 2.07. The molecule has 2 aromatic heterocycles. The Labute approximate surface area is 196 Å². The summed E-state index contributed by atoms with van der Waals surface area (Å²) < 4.78 is 17.1. The van der Waals surface area contributed by atoms with Crippen molar-refractivity contribution >= 4 is 45.0 Å². The van der Waals surface area contributed by atoms with Crippen molar-refractivity contribution < 1.29 is 19.0 Å². The number of ether oxygens (including phenoxy) is 2. The number of likely N-dealkylation sites (tertiary alicyclic amines) is 1. The summed E-state index contributed by atoms with van der Waals surface area (Å²) in [5, 5.41) is 15.8. The minimum atomic E-state index is -0.577. The molecular weight excluding hydrogens is 444 g/mol. The van der Waals surface area contributed by atoms with E-state index in [0.29, 0.717) is 40.0 Å². The number of para-hydroxylation sites is 1. The Kier molecular flexibility index (Phi) is 6.22. The number of nitrogens with zero attached hydrogens (tertiary/aromatic N) is 3. The molecule has 0 spiro atoms. The number of hydrogen-bond acceptors (Lipinski definition) is 8. The van der Waals surface area contributed by atoms with Gasteiger partial charge in [-0.15, -0.1) is 0 Å². The van der Waals surface area contributed by atoms with Crippen molar-refractivity contribution in [1.29, 1.82) is 0 Å². The number of halogens is 1. The first kappa shape index (κ1) is 21.8. The molecular formula is C24H25ClN4O4. The first-order chi connectivity index (χ1) is 16.1. The molecule has 8 nitrogen and oxygen atoms in total. The molecule has 172 valence electrons. The molecule has 3 heterocycles. The lowest BCUT2D eigenvalue weighted by Crippen LogP contribution is -2.33. The highest BCUT2D eigenvalue weighted by Gasteiger charge is 2.18. The molecule has 33 heavy (non-hydrogen) atoms. The van der Waals surface area contributed by atoms with Crippen LogP contribution in [0.5, 0.6) is 11.5 Å². The summed E-state index contributed by atoms with van der Waals surface area (Å²) >= 11 is 6.20. The highest BCUT2D eigenvalue weighted by molar-refractivity contribution is 6.35. The maximum absolute atomic E-state index is 10.4. The number of fused-ring (bicyclic) bond motifs is 2. The van der Waals surface area contributed by atoms with E-state index in [1.54, 1.807) is 13.2 Å². The van der Waals surface area contributed by atoms with Gasteiger partial charge in [0.2, 0.25) is 0 Å². The first-order valence-electron chi connectivity index (χ1n) is 10.9. The third-order valence-electron chi connectivity index (χ3n) is 5.83. The van der Waals surface area contributed by atoms with Crippen molar-refractivity contribution in [3.63, 3.8) is 0 Å². The monoisotopic (exact) mass is 468 g/mol. The van der Waals surface area contributed by atoms with Gasteiger partial charge >= 0.3 is 0 Å². The normalized spacial score (nSPS) is 15.2. The van der Waals surface area contributed by atoms with Crippen molar-refractivity contribution in [3.8, 4) is 11.5 Å². The standard InChI is InChI=1S/C24H25ClN4O4/c1-31-21-9-17-20(10-22(21)32-12-15(30)11-29-7-2-3-8-29)26-14-27-24(17)28-19-6-4-5-16-18(25)13-33-23(16)19/h4-6,9-10,13-15,30H,2-3,7-8,11-12H2,1H3,(H,26,27,28). The molecule has 5 rings (SSSR count). The van der Waals surface area contributed by atoms with Gasteiger partial charge in [0.05, 0.1) is 23.3 Å². The number of aliphatic hydroxyl groups is 1. The van der Waals surface area contributed by atoms with Gasteiger partial charge in [-0.25, -0.2) is 9.97 Å². The maximum atomic E-state index is 10.4. The number of anilines is 2. The summed E-state index contributed by atoms with van der Waals surface area (Å²) in [6.07, 6.45) is 4.79. The molecule has 0 radical (unpaired) electrons. The van der Waals surface area contributed by atoms with Crippen molar-refractivity contribution in [2.75, 3.05) is 38.7 Å². The fraction of sp³-hybridized carbons (Fsp3) is 0.333. The van der Waals surface area contributed by atoms with Gasteiger partial charge in [0.15, 0.2) is 17.1 Å². The van der Waals surface area contributed by atoms with Crippen LogP contribution in [0.3, 0.4) is 0 Å². The lowest BCUT2D eigenvalue weighted by atomic mass is 10.2. The molecule has 0 saturated carbocycles. The van der Waals surface area contributed by atoms with E-state index in [2.05, 4.69) is 20.2 Å². The van der Waals surface area contributed by atoms with Gasteiger partial charge in [0.25, 0.3) is 0 Å². The fourth-order valence-electron chi connectivity index (χ4n) is 4.19. The molecule has 1 unspecified atom stereocenters. The van der Waals surface area contributed by atoms with Crippen molar-refractivity contribution in [2.24, 2.45) is 0 Å². The van der Waals surface area contributed by atoms with Crippen LogP contribution in [0.15, 0.2) is 47.3 Å². The van der Waals surface area contributed by atoms with Gasteiger partial charge in [-0.05, 0) is 44.1 Å². The Balaban J connectivity index is 1.40.